The molecule has 14 nitrogen and oxygen atoms in total. The monoisotopic (exact) mass is 976 g/mol. The number of amides is 1. The summed E-state index contributed by atoms with van der Waals surface area (Å²) in [5.74, 6) is -0.201. The predicted octanol–water partition coefficient (Wildman–Crippen LogP) is 8.56. The van der Waals surface area contributed by atoms with Crippen LogP contribution in [0.5, 0.6) is 0 Å². The number of hydrogen-bond donors (Lipinski definition) is 9. The van der Waals surface area contributed by atoms with Gasteiger partial charge in [-0.2, -0.15) is 0 Å². The van der Waals surface area contributed by atoms with Gasteiger partial charge in [-0.25, -0.2) is 0 Å². The second-order valence-electron chi connectivity index (χ2n) is 20.4. The number of aliphatic hydroxyl groups is 8. The molecule has 2 aliphatic heterocycles. The van der Waals surface area contributed by atoms with Gasteiger partial charge in [-0.3, -0.25) is 4.79 Å². The van der Waals surface area contributed by atoms with E-state index in [0.29, 0.717) is 12.8 Å². The Kier molecular flexibility index (Phi) is 38.5. The molecule has 0 aliphatic carbocycles. The van der Waals surface area contributed by atoms with Gasteiger partial charge in [0.25, 0.3) is 0 Å². The quantitative estimate of drug-likeness (QED) is 0.0261. The van der Waals surface area contributed by atoms with Crippen LogP contribution in [0, 0.1) is 0 Å². The van der Waals surface area contributed by atoms with Crippen molar-refractivity contribution in [3.63, 3.8) is 0 Å². The van der Waals surface area contributed by atoms with Crippen LogP contribution in [0.25, 0.3) is 0 Å². The summed E-state index contributed by atoms with van der Waals surface area (Å²) in [6.07, 6.45) is 26.7. The summed E-state index contributed by atoms with van der Waals surface area (Å²) in [7, 11) is 0. The highest BCUT2D eigenvalue weighted by Gasteiger charge is 2.51. The minimum Gasteiger partial charge on any atom is -0.394 e. The van der Waals surface area contributed by atoms with Crippen molar-refractivity contribution >= 4 is 5.91 Å². The molecule has 9 N–H and O–H groups in total. The number of carbonyl (C=O) groups is 1. The summed E-state index contributed by atoms with van der Waals surface area (Å²) in [6.45, 7) is 2.88. The SMILES string of the molecule is CCCCCCCCCCCCCCCCCCCCCCC(=O)NC(COC1OC(CO)C(OC2OC(CO)C(O)C(O)C2O)C(O)C1O)C(O)CCCCCCCCCCCCCCCC. The fourth-order valence-corrected chi connectivity index (χ4v) is 9.71. The van der Waals surface area contributed by atoms with E-state index >= 15 is 0 Å². The molecule has 14 heteroatoms. The Hall–Kier alpha value is -1.01. The van der Waals surface area contributed by atoms with Gasteiger partial charge in [0, 0.05) is 6.42 Å². The average Bonchev–Trinajstić information content (AvgIpc) is 3.34. The van der Waals surface area contributed by atoms with Crippen molar-refractivity contribution < 1.29 is 64.6 Å². The van der Waals surface area contributed by atoms with Gasteiger partial charge in [0.05, 0.1) is 32.0 Å². The Morgan fingerprint density at radius 1 is 0.471 bits per heavy atom. The molecule has 2 rings (SSSR count). The molecule has 0 bridgehead atoms. The first kappa shape index (κ1) is 63.1. The molecule has 0 aromatic carbocycles. The summed E-state index contributed by atoms with van der Waals surface area (Å²) >= 11 is 0. The van der Waals surface area contributed by atoms with Crippen molar-refractivity contribution in [2.75, 3.05) is 19.8 Å². The Balaban J connectivity index is 1.76. The number of unbranched alkanes of at least 4 members (excludes halogenated alkanes) is 32. The highest BCUT2D eigenvalue weighted by molar-refractivity contribution is 5.76. The van der Waals surface area contributed by atoms with Crippen molar-refractivity contribution in [3.05, 3.63) is 0 Å². The van der Waals surface area contributed by atoms with Gasteiger partial charge >= 0.3 is 0 Å². The third-order valence-corrected chi connectivity index (χ3v) is 14.3. The van der Waals surface area contributed by atoms with Crippen LogP contribution in [0.1, 0.15) is 245 Å². The second-order valence-corrected chi connectivity index (χ2v) is 20.4. The van der Waals surface area contributed by atoms with E-state index in [9.17, 15) is 45.6 Å². The van der Waals surface area contributed by atoms with Crippen LogP contribution in [-0.2, 0) is 23.7 Å². The molecule has 68 heavy (non-hydrogen) atoms. The Morgan fingerprint density at radius 3 is 1.25 bits per heavy atom. The van der Waals surface area contributed by atoms with Crippen LogP contribution < -0.4 is 5.32 Å². The van der Waals surface area contributed by atoms with E-state index in [-0.39, 0.29) is 12.5 Å². The number of hydrogen-bond acceptors (Lipinski definition) is 13. The zero-order valence-electron chi connectivity index (χ0n) is 43.1. The minimum absolute atomic E-state index is 0.201. The van der Waals surface area contributed by atoms with Gasteiger partial charge < -0.3 is 65.1 Å². The molecular weight excluding hydrogens is 871 g/mol. The van der Waals surface area contributed by atoms with Crippen LogP contribution in [0.4, 0.5) is 0 Å². The van der Waals surface area contributed by atoms with E-state index in [1.165, 1.54) is 167 Å². The molecule has 2 heterocycles. The van der Waals surface area contributed by atoms with Crippen molar-refractivity contribution in [2.24, 2.45) is 0 Å². The largest absolute Gasteiger partial charge is 0.394 e. The first-order valence-electron chi connectivity index (χ1n) is 28.3. The average molecular weight is 976 g/mol. The summed E-state index contributed by atoms with van der Waals surface area (Å²) in [5, 5.41) is 87.1. The van der Waals surface area contributed by atoms with Gasteiger partial charge in [0.15, 0.2) is 12.6 Å². The van der Waals surface area contributed by atoms with E-state index in [2.05, 4.69) is 19.2 Å². The molecule has 12 atom stereocenters. The lowest BCUT2D eigenvalue weighted by atomic mass is 9.97. The summed E-state index contributed by atoms with van der Waals surface area (Å²) in [4.78, 5) is 13.2. The topological polar surface area (TPSA) is 228 Å². The van der Waals surface area contributed by atoms with Gasteiger partial charge in [-0.15, -0.1) is 0 Å². The maximum atomic E-state index is 13.2. The van der Waals surface area contributed by atoms with E-state index in [4.69, 9.17) is 18.9 Å². The van der Waals surface area contributed by atoms with Gasteiger partial charge in [0.1, 0.15) is 48.8 Å². The van der Waals surface area contributed by atoms with Crippen molar-refractivity contribution in [2.45, 2.75) is 319 Å². The molecule has 0 aromatic heterocycles. The lowest BCUT2D eigenvalue weighted by Crippen LogP contribution is -2.65. The van der Waals surface area contributed by atoms with Gasteiger partial charge in [-0.05, 0) is 12.8 Å². The van der Waals surface area contributed by atoms with Crippen molar-refractivity contribution in [1.82, 2.24) is 5.32 Å². The third kappa shape index (κ3) is 27.7. The fourth-order valence-electron chi connectivity index (χ4n) is 9.71. The predicted molar refractivity (Wildman–Crippen MR) is 268 cm³/mol. The van der Waals surface area contributed by atoms with Crippen LogP contribution in [-0.4, -0.2) is 140 Å². The van der Waals surface area contributed by atoms with Crippen molar-refractivity contribution in [1.29, 1.82) is 0 Å². The lowest BCUT2D eigenvalue weighted by molar-refractivity contribution is -0.359. The van der Waals surface area contributed by atoms with E-state index in [0.717, 1.165) is 51.4 Å². The van der Waals surface area contributed by atoms with Gasteiger partial charge in [-0.1, -0.05) is 226 Å². The molecule has 0 saturated carbocycles. The fraction of sp³-hybridized carbons (Fsp3) is 0.981. The second kappa shape index (κ2) is 41.5. The highest BCUT2D eigenvalue weighted by atomic mass is 16.7. The zero-order valence-corrected chi connectivity index (χ0v) is 43.1. The smallest absolute Gasteiger partial charge is 0.220 e. The lowest BCUT2D eigenvalue weighted by Gasteiger charge is -2.46. The Labute approximate surface area is 413 Å². The summed E-state index contributed by atoms with van der Waals surface area (Å²) < 4.78 is 22.8. The Morgan fingerprint density at radius 2 is 0.838 bits per heavy atom. The molecule has 2 fully saturated rings. The number of carbonyl (C=O) groups excluding carboxylic acids is 1. The maximum Gasteiger partial charge on any atom is 0.220 e. The van der Waals surface area contributed by atoms with E-state index in [1.54, 1.807) is 0 Å². The highest BCUT2D eigenvalue weighted by Crippen LogP contribution is 2.30. The molecule has 0 aromatic rings. The zero-order chi connectivity index (χ0) is 49.6. The van der Waals surface area contributed by atoms with Gasteiger partial charge in [0.2, 0.25) is 5.91 Å². The molecule has 2 aliphatic rings. The molecule has 1 amide bonds. The number of nitrogens with one attached hydrogen (secondary N) is 1. The minimum atomic E-state index is -1.78. The molecule has 2 saturated heterocycles. The molecule has 0 spiro atoms. The first-order chi connectivity index (χ1) is 33.1. The van der Waals surface area contributed by atoms with Crippen LogP contribution in [0.3, 0.4) is 0 Å². The van der Waals surface area contributed by atoms with E-state index < -0.39 is 86.8 Å². The normalized spacial score (nSPS) is 26.3. The molecular formula is C54H105NO13. The summed E-state index contributed by atoms with van der Waals surface area (Å²) in [5.41, 5.74) is 0. The van der Waals surface area contributed by atoms with Crippen molar-refractivity contribution in [3.8, 4) is 0 Å². The third-order valence-electron chi connectivity index (χ3n) is 14.3. The van der Waals surface area contributed by atoms with E-state index in [1.807, 2.05) is 0 Å². The first-order valence-corrected chi connectivity index (χ1v) is 28.3. The molecule has 0 radical (unpaired) electrons. The standard InChI is InChI=1S/C54H105NO13/c1-3-5-7-9-11-13-15-17-19-20-21-22-23-24-26-28-30-32-34-36-38-46(59)55-42(43(58)37-35-33-31-29-27-25-18-16-14-12-10-8-6-4-2)41-65-53-51(64)49(62)52(45(40-57)67-53)68-54-50(63)48(61)47(60)44(39-56)66-54/h42-45,47-54,56-58,60-64H,3-41H2,1-2H3,(H,55,59). The molecule has 12 unspecified atom stereocenters. The number of rotatable bonds is 45. The Bertz CT molecular complexity index is 1150. The molecule has 404 valence electrons. The number of aliphatic hydroxyl groups excluding tert-OH is 8. The number of ether oxygens (including phenoxy) is 4. The maximum absolute atomic E-state index is 13.2. The van der Waals surface area contributed by atoms with Crippen LogP contribution in [0.2, 0.25) is 0 Å². The van der Waals surface area contributed by atoms with Crippen LogP contribution >= 0.6 is 0 Å². The van der Waals surface area contributed by atoms with Crippen LogP contribution in [0.15, 0.2) is 0 Å². The summed E-state index contributed by atoms with van der Waals surface area (Å²) in [6, 6.07) is -0.821.